The molecule has 0 spiro atoms. The van der Waals surface area contributed by atoms with Gasteiger partial charge in [0.2, 0.25) is 0 Å². The first-order valence-corrected chi connectivity index (χ1v) is 10.8. The van der Waals surface area contributed by atoms with Crippen molar-refractivity contribution < 1.29 is 4.79 Å². The summed E-state index contributed by atoms with van der Waals surface area (Å²) >= 11 is 1.74. The Morgan fingerprint density at radius 1 is 1.07 bits per heavy atom. The van der Waals surface area contributed by atoms with Crippen LogP contribution in [0.15, 0.2) is 35.7 Å². The molecule has 144 valence electrons. The van der Waals surface area contributed by atoms with E-state index >= 15 is 0 Å². The van der Waals surface area contributed by atoms with E-state index in [-0.39, 0.29) is 5.91 Å². The van der Waals surface area contributed by atoms with E-state index in [0.717, 1.165) is 49.3 Å². The molecular formula is C21H28N4OS. The molecule has 2 aliphatic heterocycles. The fourth-order valence-electron chi connectivity index (χ4n) is 3.83. The number of rotatable bonds is 4. The lowest BCUT2D eigenvalue weighted by Crippen LogP contribution is -2.48. The first kappa shape index (κ1) is 18.4. The summed E-state index contributed by atoms with van der Waals surface area (Å²) in [6, 6.07) is 9.57. The van der Waals surface area contributed by atoms with Gasteiger partial charge in [-0.25, -0.2) is 4.98 Å². The van der Waals surface area contributed by atoms with Crippen LogP contribution in [0.2, 0.25) is 0 Å². The van der Waals surface area contributed by atoms with Crippen LogP contribution in [0.25, 0.3) is 0 Å². The maximum atomic E-state index is 12.6. The lowest BCUT2D eigenvalue weighted by Gasteiger charge is -2.34. The maximum Gasteiger partial charge on any atom is 0.253 e. The number of nitrogens with zero attached hydrogens (tertiary/aromatic N) is 4. The number of benzene rings is 1. The van der Waals surface area contributed by atoms with Crippen molar-refractivity contribution in [3.8, 4) is 0 Å². The summed E-state index contributed by atoms with van der Waals surface area (Å²) in [6.45, 7) is 8.91. The van der Waals surface area contributed by atoms with Crippen molar-refractivity contribution in [1.82, 2.24) is 14.8 Å². The summed E-state index contributed by atoms with van der Waals surface area (Å²) in [7, 11) is 0. The molecule has 0 radical (unpaired) electrons. The molecule has 6 heteroatoms. The minimum absolute atomic E-state index is 0.134. The zero-order chi connectivity index (χ0) is 18.6. The number of piperazine rings is 1. The Kier molecular flexibility index (Phi) is 5.74. The van der Waals surface area contributed by atoms with E-state index in [0.29, 0.717) is 0 Å². The third-order valence-corrected chi connectivity index (χ3v) is 6.61. The zero-order valence-electron chi connectivity index (χ0n) is 16.0. The van der Waals surface area contributed by atoms with Crippen molar-refractivity contribution in [3.05, 3.63) is 47.0 Å². The molecule has 4 rings (SSSR count). The molecule has 2 aliphatic rings. The monoisotopic (exact) mass is 384 g/mol. The topological polar surface area (TPSA) is 39.7 Å². The van der Waals surface area contributed by atoms with Crippen LogP contribution in [0.4, 0.5) is 5.13 Å². The Hall–Kier alpha value is -1.92. The predicted molar refractivity (Wildman–Crippen MR) is 110 cm³/mol. The Labute approximate surface area is 165 Å². The second-order valence-electron chi connectivity index (χ2n) is 7.73. The highest BCUT2D eigenvalue weighted by atomic mass is 32.1. The van der Waals surface area contributed by atoms with Crippen LogP contribution in [0.1, 0.15) is 35.8 Å². The van der Waals surface area contributed by atoms with E-state index < -0.39 is 0 Å². The Balaban J connectivity index is 1.30. The molecule has 3 heterocycles. The number of anilines is 1. The van der Waals surface area contributed by atoms with Crippen LogP contribution in [0, 0.1) is 5.92 Å². The largest absolute Gasteiger partial charge is 0.345 e. The van der Waals surface area contributed by atoms with Crippen LogP contribution in [-0.2, 0) is 6.54 Å². The number of carbonyl (C=O) groups is 1. The Bertz CT molecular complexity index is 747. The van der Waals surface area contributed by atoms with Crippen molar-refractivity contribution >= 4 is 22.4 Å². The van der Waals surface area contributed by atoms with Gasteiger partial charge >= 0.3 is 0 Å². The molecule has 0 N–H and O–H groups in total. The van der Waals surface area contributed by atoms with Gasteiger partial charge < -0.3 is 9.80 Å². The van der Waals surface area contributed by atoms with E-state index in [1.807, 2.05) is 35.2 Å². The maximum absolute atomic E-state index is 12.6. The highest BCUT2D eigenvalue weighted by molar-refractivity contribution is 7.13. The standard InChI is InChI=1S/C21H28N4OS/c1-17-7-9-23(10-8-17)15-19-16-27-21(22-19)25-13-11-24(12-14-25)20(26)18-5-3-2-4-6-18/h2-6,16-17H,7-15H2,1H3. The molecule has 0 unspecified atom stereocenters. The molecule has 2 saturated heterocycles. The Morgan fingerprint density at radius 3 is 2.48 bits per heavy atom. The van der Waals surface area contributed by atoms with Crippen LogP contribution in [0.3, 0.4) is 0 Å². The van der Waals surface area contributed by atoms with Gasteiger partial charge in [-0.2, -0.15) is 0 Å². The molecule has 27 heavy (non-hydrogen) atoms. The van der Waals surface area contributed by atoms with Crippen molar-refractivity contribution in [1.29, 1.82) is 0 Å². The van der Waals surface area contributed by atoms with E-state index in [9.17, 15) is 4.79 Å². The normalized spacial score (nSPS) is 19.4. The smallest absolute Gasteiger partial charge is 0.253 e. The van der Waals surface area contributed by atoms with E-state index in [2.05, 4.69) is 22.1 Å². The van der Waals surface area contributed by atoms with Crippen LogP contribution >= 0.6 is 11.3 Å². The van der Waals surface area contributed by atoms with E-state index in [4.69, 9.17) is 4.98 Å². The summed E-state index contributed by atoms with van der Waals surface area (Å²) in [6.07, 6.45) is 2.60. The van der Waals surface area contributed by atoms with Gasteiger partial charge in [-0.1, -0.05) is 25.1 Å². The summed E-state index contributed by atoms with van der Waals surface area (Å²) in [5, 5.41) is 3.30. The number of aromatic nitrogens is 1. The molecule has 1 aromatic carbocycles. The van der Waals surface area contributed by atoms with Gasteiger partial charge in [0.05, 0.1) is 5.69 Å². The van der Waals surface area contributed by atoms with Gasteiger partial charge in [0.25, 0.3) is 5.91 Å². The average molecular weight is 385 g/mol. The second-order valence-corrected chi connectivity index (χ2v) is 8.56. The number of hydrogen-bond acceptors (Lipinski definition) is 5. The molecule has 0 atom stereocenters. The fourth-order valence-corrected chi connectivity index (χ4v) is 4.70. The predicted octanol–water partition coefficient (Wildman–Crippen LogP) is 3.34. The highest BCUT2D eigenvalue weighted by Gasteiger charge is 2.24. The van der Waals surface area contributed by atoms with Crippen molar-refractivity contribution in [3.63, 3.8) is 0 Å². The minimum Gasteiger partial charge on any atom is -0.345 e. The van der Waals surface area contributed by atoms with Crippen molar-refractivity contribution in [2.45, 2.75) is 26.3 Å². The summed E-state index contributed by atoms with van der Waals surface area (Å²) in [5.41, 5.74) is 1.96. The molecule has 5 nitrogen and oxygen atoms in total. The third kappa shape index (κ3) is 4.50. The summed E-state index contributed by atoms with van der Waals surface area (Å²) in [4.78, 5) is 24.3. The molecule has 0 aliphatic carbocycles. The molecule has 2 fully saturated rings. The minimum atomic E-state index is 0.134. The molecule has 2 aromatic rings. The van der Waals surface area contributed by atoms with Crippen molar-refractivity contribution in [2.24, 2.45) is 5.92 Å². The lowest BCUT2D eigenvalue weighted by molar-refractivity contribution is 0.0746. The number of likely N-dealkylation sites (tertiary alicyclic amines) is 1. The number of carbonyl (C=O) groups excluding carboxylic acids is 1. The first-order chi connectivity index (χ1) is 13.2. The van der Waals surface area contributed by atoms with Gasteiger partial charge in [0.1, 0.15) is 0 Å². The summed E-state index contributed by atoms with van der Waals surface area (Å²) < 4.78 is 0. The van der Waals surface area contributed by atoms with Crippen LogP contribution < -0.4 is 4.90 Å². The van der Waals surface area contributed by atoms with Gasteiger partial charge in [0, 0.05) is 43.7 Å². The summed E-state index contributed by atoms with van der Waals surface area (Å²) in [5.74, 6) is 0.997. The molecular weight excluding hydrogens is 356 g/mol. The Morgan fingerprint density at radius 2 is 1.78 bits per heavy atom. The van der Waals surface area contributed by atoms with Gasteiger partial charge in [-0.05, 0) is 44.0 Å². The zero-order valence-corrected chi connectivity index (χ0v) is 16.8. The van der Waals surface area contributed by atoms with Crippen LogP contribution in [-0.4, -0.2) is 60.0 Å². The molecule has 1 aromatic heterocycles. The molecule has 1 amide bonds. The first-order valence-electron chi connectivity index (χ1n) is 9.95. The van der Waals surface area contributed by atoms with Gasteiger partial charge in [-0.3, -0.25) is 9.69 Å². The van der Waals surface area contributed by atoms with E-state index in [1.165, 1.54) is 31.6 Å². The van der Waals surface area contributed by atoms with E-state index in [1.54, 1.807) is 11.3 Å². The highest BCUT2D eigenvalue weighted by Crippen LogP contribution is 2.24. The third-order valence-electron chi connectivity index (χ3n) is 5.66. The SMILES string of the molecule is CC1CCN(Cc2csc(N3CCN(C(=O)c4ccccc4)CC3)n2)CC1. The number of amides is 1. The van der Waals surface area contributed by atoms with Gasteiger partial charge in [0.15, 0.2) is 5.13 Å². The average Bonchev–Trinajstić information content (AvgIpc) is 3.18. The lowest BCUT2D eigenvalue weighted by atomic mass is 9.99. The van der Waals surface area contributed by atoms with Gasteiger partial charge in [-0.15, -0.1) is 11.3 Å². The number of hydrogen-bond donors (Lipinski definition) is 0. The van der Waals surface area contributed by atoms with Crippen LogP contribution in [0.5, 0.6) is 0 Å². The quantitative estimate of drug-likeness (QED) is 0.811. The molecule has 0 bridgehead atoms. The number of piperidine rings is 1. The second kappa shape index (κ2) is 8.40. The number of thiazole rings is 1. The fraction of sp³-hybridized carbons (Fsp3) is 0.524. The van der Waals surface area contributed by atoms with Crippen molar-refractivity contribution in [2.75, 3.05) is 44.2 Å². The molecule has 0 saturated carbocycles.